The van der Waals surface area contributed by atoms with Crippen LogP contribution in [0.1, 0.15) is 54.4 Å². The van der Waals surface area contributed by atoms with Crippen LogP contribution in [0.15, 0.2) is 102 Å². The summed E-state index contributed by atoms with van der Waals surface area (Å²) in [6.45, 7) is 2.09. The summed E-state index contributed by atoms with van der Waals surface area (Å²) in [5, 5.41) is 12.3. The van der Waals surface area contributed by atoms with Crippen LogP contribution in [0, 0.1) is 5.92 Å². The van der Waals surface area contributed by atoms with E-state index in [1.807, 2.05) is 97.1 Å². The number of aliphatic hydroxyl groups excluding tert-OH is 1. The second kappa shape index (κ2) is 16.5. The summed E-state index contributed by atoms with van der Waals surface area (Å²) in [7, 11) is 1.66. The van der Waals surface area contributed by atoms with E-state index in [2.05, 4.69) is 12.2 Å². The molecule has 6 rings (SSSR count). The second-order valence-corrected chi connectivity index (χ2v) is 14.0. The normalized spacial score (nSPS) is 21.9. The number of amides is 2. The number of aliphatic hydroxyl groups is 1. The van der Waals surface area contributed by atoms with E-state index in [1.54, 1.807) is 18.9 Å². The third-order valence-electron chi connectivity index (χ3n) is 9.56. The van der Waals surface area contributed by atoms with Crippen LogP contribution in [-0.4, -0.2) is 59.6 Å². The fourth-order valence-electron chi connectivity index (χ4n) is 6.67. The summed E-state index contributed by atoms with van der Waals surface area (Å²) >= 11 is 1.67. The molecule has 2 saturated heterocycles. The van der Waals surface area contributed by atoms with Crippen LogP contribution in [0.25, 0.3) is 11.1 Å². The average Bonchev–Trinajstić information content (AvgIpc) is 3.66. The van der Waals surface area contributed by atoms with Gasteiger partial charge in [0.2, 0.25) is 5.91 Å². The van der Waals surface area contributed by atoms with Crippen molar-refractivity contribution in [3.05, 3.63) is 119 Å². The van der Waals surface area contributed by atoms with Gasteiger partial charge in [-0.25, -0.2) is 0 Å². The van der Waals surface area contributed by atoms with Crippen LogP contribution in [0.4, 0.5) is 13.2 Å². The maximum atomic E-state index is 13.0. The number of carbonyl (C=O) groups is 2. The number of benzene rings is 4. The zero-order chi connectivity index (χ0) is 36.8. The van der Waals surface area contributed by atoms with Crippen LogP contribution < -0.4 is 10.1 Å². The fourth-order valence-corrected chi connectivity index (χ4v) is 7.86. The number of nitrogens with zero attached hydrogens (tertiary/aromatic N) is 1. The first-order chi connectivity index (χ1) is 25.0. The summed E-state index contributed by atoms with van der Waals surface area (Å²) < 4.78 is 57.9. The Morgan fingerprint density at radius 3 is 2.37 bits per heavy atom. The molecule has 0 saturated carbocycles. The van der Waals surface area contributed by atoms with E-state index in [0.29, 0.717) is 17.1 Å². The Morgan fingerprint density at radius 1 is 0.923 bits per heavy atom. The number of ether oxygens (including phenoxy) is 3. The molecule has 2 N–H and O–H groups in total. The van der Waals surface area contributed by atoms with Crippen molar-refractivity contribution < 1.29 is 42.1 Å². The van der Waals surface area contributed by atoms with E-state index >= 15 is 0 Å². The Bertz CT molecular complexity index is 1840. The van der Waals surface area contributed by atoms with Gasteiger partial charge in [-0.2, -0.15) is 13.2 Å². The minimum Gasteiger partial charge on any atom is -0.496 e. The molecule has 2 heterocycles. The minimum absolute atomic E-state index is 0.0165. The van der Waals surface area contributed by atoms with E-state index in [4.69, 9.17) is 14.2 Å². The van der Waals surface area contributed by atoms with Gasteiger partial charge in [0.15, 0.2) is 6.29 Å². The Kier molecular flexibility index (Phi) is 11.9. The lowest BCUT2D eigenvalue weighted by molar-refractivity contribution is -0.268. The summed E-state index contributed by atoms with van der Waals surface area (Å²) in [5.41, 5.74) is 5.23. The monoisotopic (exact) mass is 734 g/mol. The molecule has 274 valence electrons. The van der Waals surface area contributed by atoms with Gasteiger partial charge < -0.3 is 29.5 Å². The molecule has 0 radical (unpaired) electrons. The number of halogens is 3. The molecule has 52 heavy (non-hydrogen) atoms. The number of carbonyl (C=O) groups excluding carboxylic acids is 2. The molecule has 2 aliphatic heterocycles. The van der Waals surface area contributed by atoms with Gasteiger partial charge in [0.05, 0.1) is 25.9 Å². The maximum Gasteiger partial charge on any atom is 0.471 e. The van der Waals surface area contributed by atoms with E-state index < -0.39 is 30.3 Å². The molecule has 0 spiro atoms. The third kappa shape index (κ3) is 8.63. The number of alkyl halides is 3. The van der Waals surface area contributed by atoms with Crippen molar-refractivity contribution in [2.75, 3.05) is 19.4 Å². The van der Waals surface area contributed by atoms with Gasteiger partial charge in [0.1, 0.15) is 11.8 Å². The molecule has 0 aliphatic carbocycles. The number of thioether (sulfide) groups is 1. The van der Waals surface area contributed by atoms with Crippen molar-refractivity contribution in [3.8, 4) is 16.9 Å². The zero-order valence-corrected chi connectivity index (χ0v) is 29.7. The lowest BCUT2D eigenvalue weighted by Gasteiger charge is -2.41. The topological polar surface area (TPSA) is 97.3 Å². The highest BCUT2D eigenvalue weighted by Gasteiger charge is 2.47. The molecule has 5 atom stereocenters. The molecule has 0 bridgehead atoms. The first kappa shape index (κ1) is 37.4. The molecular weight excluding hydrogens is 694 g/mol. The van der Waals surface area contributed by atoms with Crippen molar-refractivity contribution in [3.63, 3.8) is 0 Å². The van der Waals surface area contributed by atoms with Crippen LogP contribution in [0.5, 0.6) is 5.75 Å². The van der Waals surface area contributed by atoms with Gasteiger partial charge in [-0.1, -0.05) is 85.8 Å². The molecule has 12 heteroatoms. The van der Waals surface area contributed by atoms with Gasteiger partial charge in [0, 0.05) is 35.2 Å². The van der Waals surface area contributed by atoms with Crippen LogP contribution in [0.3, 0.4) is 0 Å². The fraction of sp³-hybridized carbons (Fsp3) is 0.350. The highest BCUT2D eigenvalue weighted by molar-refractivity contribution is 7.99. The summed E-state index contributed by atoms with van der Waals surface area (Å²) in [6, 6.07) is 29.9. The molecule has 2 fully saturated rings. The molecule has 0 aromatic heterocycles. The van der Waals surface area contributed by atoms with Gasteiger partial charge in [-0.3, -0.25) is 9.59 Å². The lowest BCUT2D eigenvalue weighted by atomic mass is 9.91. The number of para-hydroxylation sites is 1. The van der Waals surface area contributed by atoms with Crippen molar-refractivity contribution >= 4 is 23.6 Å². The van der Waals surface area contributed by atoms with Crippen molar-refractivity contribution in [2.45, 2.75) is 68.5 Å². The number of hydrogen-bond donors (Lipinski definition) is 2. The van der Waals surface area contributed by atoms with Crippen molar-refractivity contribution in [1.29, 1.82) is 0 Å². The number of hydrogen-bond acceptors (Lipinski definition) is 7. The Labute approximate surface area is 305 Å². The van der Waals surface area contributed by atoms with Gasteiger partial charge >= 0.3 is 12.1 Å². The van der Waals surface area contributed by atoms with Gasteiger partial charge in [-0.05, 0) is 58.9 Å². The molecule has 2 amide bonds. The van der Waals surface area contributed by atoms with Crippen molar-refractivity contribution in [2.24, 2.45) is 5.92 Å². The third-order valence-corrected chi connectivity index (χ3v) is 10.7. The summed E-state index contributed by atoms with van der Waals surface area (Å²) in [4.78, 5) is 26.3. The second-order valence-electron chi connectivity index (χ2n) is 13.0. The number of nitrogens with one attached hydrogen (secondary N) is 1. The van der Waals surface area contributed by atoms with Crippen molar-refractivity contribution in [1.82, 2.24) is 10.2 Å². The Balaban J connectivity index is 1.15. The maximum absolute atomic E-state index is 13.0. The van der Waals surface area contributed by atoms with Gasteiger partial charge in [-0.15, -0.1) is 11.8 Å². The van der Waals surface area contributed by atoms with Crippen LogP contribution in [0.2, 0.25) is 0 Å². The highest BCUT2D eigenvalue weighted by atomic mass is 32.2. The molecular formula is C40H41F3N2O6S. The smallest absolute Gasteiger partial charge is 0.471 e. The first-order valence-electron chi connectivity index (χ1n) is 17.2. The Hall–Kier alpha value is -4.36. The molecule has 0 unspecified atom stereocenters. The number of rotatable bonds is 11. The predicted molar refractivity (Wildman–Crippen MR) is 191 cm³/mol. The number of likely N-dealkylation sites (tertiary alicyclic amines) is 1. The average molecular weight is 735 g/mol. The van der Waals surface area contributed by atoms with Crippen LogP contribution >= 0.6 is 11.8 Å². The molecule has 4 aromatic carbocycles. The summed E-state index contributed by atoms with van der Waals surface area (Å²) in [5.74, 6) is -1.09. The quantitative estimate of drug-likeness (QED) is 0.153. The van der Waals surface area contributed by atoms with E-state index in [0.717, 1.165) is 44.0 Å². The van der Waals surface area contributed by atoms with E-state index in [9.17, 15) is 27.9 Å². The first-order valence-corrected chi connectivity index (χ1v) is 18.2. The van der Waals surface area contributed by atoms with Gasteiger partial charge in [0.25, 0.3) is 0 Å². The standard InChI is InChI=1S/C40H41F3N2O6S/c1-25-34(24-52-35-11-4-3-10-33(35)49-2)50-38(51-36(25)29-14-12-26(23-46)13-15-29)30-18-16-28(17-19-30)31-8-5-7-27(21-31)22-44-37(47)32-9-6-20-45(32)39(48)40(41,42)43/h3-5,7-8,10-19,21,25,32,34,36,38,46H,6,9,20,22-24H2,1-2H3,(H,44,47)/t25-,32+,34+,36+,38+/m1/s1. The minimum atomic E-state index is -5.02. The summed E-state index contributed by atoms with van der Waals surface area (Å²) in [6.07, 6.45) is -5.56. The zero-order valence-electron chi connectivity index (χ0n) is 28.8. The van der Waals surface area contributed by atoms with E-state index in [-0.39, 0.29) is 44.2 Å². The largest absolute Gasteiger partial charge is 0.496 e. The van der Waals surface area contributed by atoms with Crippen LogP contribution in [-0.2, 0) is 32.2 Å². The molecule has 4 aromatic rings. The molecule has 8 nitrogen and oxygen atoms in total. The Morgan fingerprint density at radius 2 is 1.65 bits per heavy atom. The molecule has 2 aliphatic rings. The number of methoxy groups -OCH3 is 1. The lowest BCUT2D eigenvalue weighted by Crippen LogP contribution is -2.50. The SMILES string of the molecule is COc1ccccc1SC[C@@H]1O[C@H](c2ccc(-c3cccc(CNC(=O)[C@@H]4CCCN4C(=O)C(F)(F)F)c3)cc2)O[C@H](c2ccc(CO)cc2)[C@@H]1C. The predicted octanol–water partition coefficient (Wildman–Crippen LogP) is 7.61. The van der Waals surface area contributed by atoms with E-state index in [1.165, 1.54) is 0 Å². The highest BCUT2D eigenvalue weighted by Crippen LogP contribution is 2.44.